The van der Waals surface area contributed by atoms with Gasteiger partial charge < -0.3 is 9.53 Å². The summed E-state index contributed by atoms with van der Waals surface area (Å²) in [6.07, 6.45) is 10.4. The van der Waals surface area contributed by atoms with Crippen LogP contribution < -0.4 is 0 Å². The average molecular weight is 415 g/mol. The molecule has 5 rings (SSSR count). The minimum Gasteiger partial charge on any atom is -0.449 e. The predicted molar refractivity (Wildman–Crippen MR) is 119 cm³/mol. The molecule has 0 fully saturated rings. The molecule has 31 heavy (non-hydrogen) atoms. The number of rotatable bonds is 3. The van der Waals surface area contributed by atoms with Crippen molar-refractivity contribution in [2.24, 2.45) is 5.92 Å². The number of ether oxygens (including phenoxy) is 1. The number of carbonyl (C=O) groups excluding carboxylic acids is 3. The van der Waals surface area contributed by atoms with Gasteiger partial charge in [0.25, 0.3) is 0 Å². The molecule has 0 aliphatic heterocycles. The molecule has 4 aliphatic rings. The Balaban J connectivity index is 1.80. The fourth-order valence-corrected chi connectivity index (χ4v) is 4.82. The number of allylic oxidation sites excluding steroid dienone is 8. The monoisotopic (exact) mass is 414 g/mol. The van der Waals surface area contributed by atoms with Crippen molar-refractivity contribution < 1.29 is 19.1 Å². The summed E-state index contributed by atoms with van der Waals surface area (Å²) in [6, 6.07) is 4.28. The van der Waals surface area contributed by atoms with E-state index in [0.717, 1.165) is 34.3 Å². The maximum absolute atomic E-state index is 13.1. The van der Waals surface area contributed by atoms with E-state index in [9.17, 15) is 14.4 Å². The Morgan fingerprint density at radius 2 is 1.68 bits per heavy atom. The molecule has 0 N–H and O–H groups in total. The van der Waals surface area contributed by atoms with E-state index in [-0.39, 0.29) is 5.57 Å². The van der Waals surface area contributed by atoms with Crippen molar-refractivity contribution in [2.75, 3.05) is 0 Å². The van der Waals surface area contributed by atoms with Crippen molar-refractivity contribution in [1.29, 1.82) is 0 Å². The van der Waals surface area contributed by atoms with Crippen molar-refractivity contribution in [3.05, 3.63) is 92.6 Å². The maximum atomic E-state index is 13.1. The van der Waals surface area contributed by atoms with Crippen molar-refractivity contribution >= 4 is 18.0 Å². The second kappa shape index (κ2) is 8.10. The maximum Gasteiger partial charge on any atom is 0.342 e. The number of aryl methyl sites for hydroxylation is 2. The van der Waals surface area contributed by atoms with Crippen molar-refractivity contribution in [2.45, 2.75) is 46.6 Å². The molecule has 158 valence electrons. The largest absolute Gasteiger partial charge is 0.449 e. The zero-order valence-corrected chi connectivity index (χ0v) is 18.3. The number of hydrogen-bond donors (Lipinski definition) is 0. The molecule has 4 nitrogen and oxygen atoms in total. The molecule has 0 spiro atoms. The minimum absolute atomic E-state index is 0.0821. The standard InChI is InChI=1S/C27H26O4/c1-15-8-16(2)10-21(9-15)23-13-19-11-17(3)24(18(4)12-19)26(23)31-27(30)22-7-5-6-20(14-28)25(22)29/h5-7,9-12,14,20,26H,8,13H2,1-4H3. The zero-order chi connectivity index (χ0) is 22.3. The highest BCUT2D eigenvalue weighted by Gasteiger charge is 2.34. The van der Waals surface area contributed by atoms with Crippen molar-refractivity contribution in [1.82, 2.24) is 0 Å². The summed E-state index contributed by atoms with van der Waals surface area (Å²) >= 11 is 0. The number of Topliss-reactive ketones (excluding diaryl/α,β-unsaturated/α-hetero) is 1. The van der Waals surface area contributed by atoms with Gasteiger partial charge >= 0.3 is 5.97 Å². The van der Waals surface area contributed by atoms with Crippen LogP contribution in [0.2, 0.25) is 0 Å². The Hall–Kier alpha value is -3.27. The molecule has 0 radical (unpaired) electrons. The molecule has 0 saturated carbocycles. The molecular weight excluding hydrogens is 388 g/mol. The Bertz CT molecular complexity index is 1110. The third-order valence-electron chi connectivity index (χ3n) is 6.10. The van der Waals surface area contributed by atoms with Crippen LogP contribution in [-0.2, 0) is 25.5 Å². The number of carbonyl (C=O) groups is 3. The lowest BCUT2D eigenvalue weighted by Crippen LogP contribution is -2.26. The summed E-state index contributed by atoms with van der Waals surface area (Å²) in [6.45, 7) is 8.27. The van der Waals surface area contributed by atoms with Gasteiger partial charge in [0, 0.05) is 5.56 Å². The van der Waals surface area contributed by atoms with Crippen LogP contribution in [0.25, 0.3) is 0 Å². The van der Waals surface area contributed by atoms with E-state index < -0.39 is 23.8 Å². The molecule has 4 aliphatic carbocycles. The Labute approximate surface area is 182 Å². The summed E-state index contributed by atoms with van der Waals surface area (Å²) in [5.74, 6) is -2.14. The molecular formula is C27H26O4. The summed E-state index contributed by atoms with van der Waals surface area (Å²) in [4.78, 5) is 36.9. The first-order chi connectivity index (χ1) is 14.8. The van der Waals surface area contributed by atoms with Crippen LogP contribution in [0.4, 0.5) is 0 Å². The summed E-state index contributed by atoms with van der Waals surface area (Å²) in [7, 11) is 0. The van der Waals surface area contributed by atoms with E-state index in [2.05, 4.69) is 38.1 Å². The van der Waals surface area contributed by atoms with Gasteiger partial charge in [0.15, 0.2) is 11.9 Å². The predicted octanol–water partition coefficient (Wildman–Crippen LogP) is 4.92. The van der Waals surface area contributed by atoms with Crippen LogP contribution in [0.15, 0.2) is 70.4 Å². The minimum atomic E-state index is -0.934. The molecule has 1 aromatic carbocycles. The van der Waals surface area contributed by atoms with Crippen LogP contribution in [0.3, 0.4) is 0 Å². The molecule has 0 amide bonds. The van der Waals surface area contributed by atoms with Crippen LogP contribution in [0.5, 0.6) is 0 Å². The normalized spacial score (nSPS) is 22.6. The second-order valence-electron chi connectivity index (χ2n) is 8.74. The van der Waals surface area contributed by atoms with Crippen LogP contribution in [0.1, 0.15) is 48.6 Å². The first-order valence-electron chi connectivity index (χ1n) is 10.5. The smallest absolute Gasteiger partial charge is 0.342 e. The van der Waals surface area contributed by atoms with E-state index >= 15 is 0 Å². The van der Waals surface area contributed by atoms with E-state index in [1.54, 1.807) is 6.08 Å². The van der Waals surface area contributed by atoms with Gasteiger partial charge in [-0.3, -0.25) is 4.79 Å². The average Bonchev–Trinajstić information content (AvgIpc) is 2.91. The number of hydrogen-bond acceptors (Lipinski definition) is 4. The van der Waals surface area contributed by atoms with Gasteiger partial charge in [0.2, 0.25) is 0 Å². The lowest BCUT2D eigenvalue weighted by atomic mass is 9.88. The van der Waals surface area contributed by atoms with Gasteiger partial charge in [-0.05, 0) is 74.4 Å². The van der Waals surface area contributed by atoms with E-state index in [1.807, 2.05) is 13.8 Å². The molecule has 1 aromatic rings. The van der Waals surface area contributed by atoms with Gasteiger partial charge in [-0.1, -0.05) is 47.6 Å². The molecule has 0 saturated heterocycles. The molecule has 4 heteroatoms. The Morgan fingerprint density at radius 3 is 2.29 bits per heavy atom. The van der Waals surface area contributed by atoms with E-state index in [0.29, 0.717) is 12.7 Å². The first kappa shape index (κ1) is 21.0. The molecule has 2 bridgehead atoms. The van der Waals surface area contributed by atoms with E-state index in [1.165, 1.54) is 28.9 Å². The molecule has 0 heterocycles. The fraction of sp³-hybridized carbons (Fsp3) is 0.296. The van der Waals surface area contributed by atoms with Crippen LogP contribution in [-0.4, -0.2) is 18.0 Å². The molecule has 0 aromatic heterocycles. The quantitative estimate of drug-likeness (QED) is 0.305. The fourth-order valence-electron chi connectivity index (χ4n) is 4.82. The summed E-state index contributed by atoms with van der Waals surface area (Å²) in [5, 5.41) is 0. The van der Waals surface area contributed by atoms with Gasteiger partial charge in [0.1, 0.15) is 11.9 Å². The molecule has 2 unspecified atom stereocenters. The van der Waals surface area contributed by atoms with Gasteiger partial charge in [-0.15, -0.1) is 0 Å². The SMILES string of the molecule is CC1=CC(=C2Cc3cc(C)c(c(C)c3)C2OC(=O)C2=CC=CC(C=O)C2=O)C=C(C)C1. The van der Waals surface area contributed by atoms with Crippen molar-refractivity contribution in [3.8, 4) is 0 Å². The highest BCUT2D eigenvalue weighted by molar-refractivity contribution is 6.22. The first-order valence-corrected chi connectivity index (χ1v) is 10.5. The van der Waals surface area contributed by atoms with Gasteiger partial charge in [-0.25, -0.2) is 4.79 Å². The van der Waals surface area contributed by atoms with Gasteiger partial charge in [0.05, 0.1) is 5.92 Å². The van der Waals surface area contributed by atoms with Gasteiger partial charge in [-0.2, -0.15) is 0 Å². The third-order valence-corrected chi connectivity index (χ3v) is 6.10. The third kappa shape index (κ3) is 3.90. The lowest BCUT2D eigenvalue weighted by molar-refractivity contribution is -0.144. The lowest BCUT2D eigenvalue weighted by Gasteiger charge is -2.25. The Kier molecular flexibility index (Phi) is 5.48. The number of esters is 1. The molecule has 2 atom stereocenters. The van der Waals surface area contributed by atoms with Crippen molar-refractivity contribution in [3.63, 3.8) is 0 Å². The second-order valence-corrected chi connectivity index (χ2v) is 8.74. The number of ketones is 1. The zero-order valence-electron chi connectivity index (χ0n) is 18.3. The number of fused-ring (bicyclic) bond motifs is 4. The highest BCUT2D eigenvalue weighted by Crippen LogP contribution is 2.41. The van der Waals surface area contributed by atoms with Crippen LogP contribution in [0, 0.1) is 19.8 Å². The summed E-state index contributed by atoms with van der Waals surface area (Å²) in [5.41, 5.74) is 8.80. The number of benzene rings is 1. The van der Waals surface area contributed by atoms with E-state index in [4.69, 9.17) is 4.74 Å². The highest BCUT2D eigenvalue weighted by atomic mass is 16.5. The van der Waals surface area contributed by atoms with Crippen LogP contribution >= 0.6 is 0 Å². The Morgan fingerprint density at radius 1 is 1.03 bits per heavy atom. The topological polar surface area (TPSA) is 60.4 Å². The number of aldehydes is 1. The summed E-state index contributed by atoms with van der Waals surface area (Å²) < 4.78 is 6.06.